The quantitative estimate of drug-likeness (QED) is 0.785. The van der Waals surface area contributed by atoms with E-state index in [-0.39, 0.29) is 0 Å². The van der Waals surface area contributed by atoms with Gasteiger partial charge in [0, 0.05) is 18.8 Å². The number of rotatable bonds is 1. The highest BCUT2D eigenvalue weighted by molar-refractivity contribution is 5.63. The molecule has 0 bridgehead atoms. The summed E-state index contributed by atoms with van der Waals surface area (Å²) in [6.45, 7) is 1.15. The monoisotopic (exact) mass is 217 g/mol. The van der Waals surface area contributed by atoms with E-state index in [1.807, 2.05) is 6.07 Å². The summed E-state index contributed by atoms with van der Waals surface area (Å²) in [7, 11) is 0. The van der Waals surface area contributed by atoms with Gasteiger partial charge in [-0.3, -0.25) is 0 Å². The van der Waals surface area contributed by atoms with E-state index >= 15 is 0 Å². The van der Waals surface area contributed by atoms with Gasteiger partial charge in [0.25, 0.3) is 0 Å². The molecule has 1 saturated heterocycles. The average molecular weight is 217 g/mol. The molecule has 1 saturated carbocycles. The molecule has 0 radical (unpaired) electrons. The topological polar surface area (TPSA) is 42.1 Å². The maximum atomic E-state index is 5.98. The zero-order valence-corrected chi connectivity index (χ0v) is 9.60. The van der Waals surface area contributed by atoms with Gasteiger partial charge in [-0.15, -0.1) is 0 Å². The Hall–Kier alpha value is -1.25. The first-order valence-electron chi connectivity index (χ1n) is 6.33. The Balaban J connectivity index is 1.91. The molecule has 1 aromatic heterocycles. The zero-order valence-electron chi connectivity index (χ0n) is 9.60. The molecule has 86 valence electrons. The van der Waals surface area contributed by atoms with Gasteiger partial charge in [-0.05, 0) is 43.7 Å². The molecule has 0 amide bonds. The molecule has 1 aromatic rings. The van der Waals surface area contributed by atoms with Crippen molar-refractivity contribution in [3.8, 4) is 0 Å². The number of aromatic nitrogens is 1. The second-order valence-corrected chi connectivity index (χ2v) is 5.00. The lowest BCUT2D eigenvalue weighted by atomic mass is 9.91. The smallest absolute Gasteiger partial charge is 0.146 e. The Morgan fingerprint density at radius 1 is 1.25 bits per heavy atom. The summed E-state index contributed by atoms with van der Waals surface area (Å²) in [5.74, 6) is 1.59. The Bertz CT molecular complexity index is 377. The summed E-state index contributed by atoms with van der Waals surface area (Å²) in [5.41, 5.74) is 7.13. The van der Waals surface area contributed by atoms with Crippen molar-refractivity contribution < 1.29 is 0 Å². The molecule has 0 aromatic carbocycles. The standard InChI is InChI=1S/C13H19N3/c14-13-12(7-2-8-15-13)16-9-3-5-10-4-1-6-11(10)16/h2,7-8,10-11H,1,3-6,9H2,(H2,14,15). The maximum absolute atomic E-state index is 5.98. The number of nitrogen functional groups attached to an aromatic ring is 1. The first-order chi connectivity index (χ1) is 7.86. The van der Waals surface area contributed by atoms with Crippen LogP contribution in [-0.2, 0) is 0 Å². The van der Waals surface area contributed by atoms with E-state index in [0.29, 0.717) is 5.82 Å². The van der Waals surface area contributed by atoms with Crippen molar-refractivity contribution in [3.05, 3.63) is 18.3 Å². The fourth-order valence-corrected chi connectivity index (χ4v) is 3.40. The van der Waals surface area contributed by atoms with Gasteiger partial charge in [0.15, 0.2) is 0 Å². The van der Waals surface area contributed by atoms with Gasteiger partial charge in [-0.2, -0.15) is 0 Å². The lowest BCUT2D eigenvalue weighted by Crippen LogP contribution is -2.43. The summed E-state index contributed by atoms with van der Waals surface area (Å²) >= 11 is 0. The molecule has 2 heterocycles. The van der Waals surface area contributed by atoms with Gasteiger partial charge in [-0.25, -0.2) is 4.98 Å². The van der Waals surface area contributed by atoms with Crippen LogP contribution in [0.25, 0.3) is 0 Å². The minimum atomic E-state index is 0.690. The van der Waals surface area contributed by atoms with Crippen LogP contribution in [0.2, 0.25) is 0 Å². The molecule has 3 rings (SSSR count). The Kier molecular flexibility index (Phi) is 2.46. The third-order valence-corrected chi connectivity index (χ3v) is 4.12. The van der Waals surface area contributed by atoms with Gasteiger partial charge < -0.3 is 10.6 Å². The van der Waals surface area contributed by atoms with Crippen molar-refractivity contribution in [1.82, 2.24) is 4.98 Å². The highest BCUT2D eigenvalue weighted by atomic mass is 15.2. The predicted molar refractivity (Wildman–Crippen MR) is 66.4 cm³/mol. The molecule has 2 unspecified atom stereocenters. The molecular weight excluding hydrogens is 198 g/mol. The van der Waals surface area contributed by atoms with Crippen LogP contribution in [-0.4, -0.2) is 17.6 Å². The average Bonchev–Trinajstić information content (AvgIpc) is 2.77. The van der Waals surface area contributed by atoms with E-state index in [2.05, 4.69) is 16.0 Å². The fourth-order valence-electron chi connectivity index (χ4n) is 3.40. The Morgan fingerprint density at radius 2 is 2.12 bits per heavy atom. The predicted octanol–water partition coefficient (Wildman–Crippen LogP) is 2.43. The molecule has 16 heavy (non-hydrogen) atoms. The van der Waals surface area contributed by atoms with Gasteiger partial charge in [-0.1, -0.05) is 6.42 Å². The number of nitrogens with two attached hydrogens (primary N) is 1. The molecule has 2 atom stereocenters. The molecule has 3 nitrogen and oxygen atoms in total. The minimum absolute atomic E-state index is 0.690. The van der Waals surface area contributed by atoms with Crippen LogP contribution in [0, 0.1) is 5.92 Å². The summed E-state index contributed by atoms with van der Waals surface area (Å²) in [4.78, 5) is 6.71. The SMILES string of the molecule is Nc1ncccc1N1CCCC2CCCC21. The van der Waals surface area contributed by atoms with E-state index in [0.717, 1.165) is 24.2 Å². The normalized spacial score (nSPS) is 29.1. The van der Waals surface area contributed by atoms with E-state index in [1.165, 1.54) is 32.1 Å². The maximum Gasteiger partial charge on any atom is 0.146 e. The van der Waals surface area contributed by atoms with Gasteiger partial charge in [0.2, 0.25) is 0 Å². The van der Waals surface area contributed by atoms with Crippen molar-refractivity contribution in [1.29, 1.82) is 0 Å². The lowest BCUT2D eigenvalue weighted by Gasteiger charge is -2.39. The number of piperidine rings is 1. The third kappa shape index (κ3) is 1.55. The molecule has 1 aliphatic heterocycles. The summed E-state index contributed by atoms with van der Waals surface area (Å²) in [6, 6.07) is 4.83. The fraction of sp³-hybridized carbons (Fsp3) is 0.615. The van der Waals surface area contributed by atoms with E-state index in [9.17, 15) is 0 Å². The number of anilines is 2. The molecule has 3 heteroatoms. The summed E-state index contributed by atoms with van der Waals surface area (Å²) in [5, 5.41) is 0. The van der Waals surface area contributed by atoms with Crippen molar-refractivity contribution in [2.45, 2.75) is 38.1 Å². The number of pyridine rings is 1. The second-order valence-electron chi connectivity index (χ2n) is 5.00. The molecule has 1 aliphatic carbocycles. The number of hydrogen-bond acceptors (Lipinski definition) is 3. The number of nitrogens with zero attached hydrogens (tertiary/aromatic N) is 2. The molecule has 2 fully saturated rings. The van der Waals surface area contributed by atoms with Crippen LogP contribution in [0.3, 0.4) is 0 Å². The van der Waals surface area contributed by atoms with Crippen molar-refractivity contribution in [3.63, 3.8) is 0 Å². The first kappa shape index (κ1) is 9.94. The first-order valence-corrected chi connectivity index (χ1v) is 6.33. The van der Waals surface area contributed by atoms with Gasteiger partial charge in [0.05, 0.1) is 5.69 Å². The van der Waals surface area contributed by atoms with Crippen LogP contribution >= 0.6 is 0 Å². The largest absolute Gasteiger partial charge is 0.382 e. The Labute approximate surface area is 96.7 Å². The van der Waals surface area contributed by atoms with E-state index in [1.54, 1.807) is 6.20 Å². The lowest BCUT2D eigenvalue weighted by molar-refractivity contribution is 0.362. The second kappa shape index (κ2) is 3.96. The van der Waals surface area contributed by atoms with Crippen molar-refractivity contribution >= 4 is 11.5 Å². The van der Waals surface area contributed by atoms with E-state index < -0.39 is 0 Å². The van der Waals surface area contributed by atoms with Crippen LogP contribution < -0.4 is 10.6 Å². The van der Waals surface area contributed by atoms with E-state index in [4.69, 9.17) is 5.73 Å². The zero-order chi connectivity index (χ0) is 11.0. The summed E-state index contributed by atoms with van der Waals surface area (Å²) in [6.07, 6.45) is 8.60. The summed E-state index contributed by atoms with van der Waals surface area (Å²) < 4.78 is 0. The van der Waals surface area contributed by atoms with Gasteiger partial charge >= 0.3 is 0 Å². The van der Waals surface area contributed by atoms with Crippen molar-refractivity contribution in [2.24, 2.45) is 5.92 Å². The highest BCUT2D eigenvalue weighted by Gasteiger charge is 2.35. The minimum Gasteiger partial charge on any atom is -0.382 e. The molecular formula is C13H19N3. The van der Waals surface area contributed by atoms with Gasteiger partial charge in [0.1, 0.15) is 5.82 Å². The number of hydrogen-bond donors (Lipinski definition) is 1. The third-order valence-electron chi connectivity index (χ3n) is 4.12. The van der Waals surface area contributed by atoms with Crippen LogP contribution in [0.15, 0.2) is 18.3 Å². The van der Waals surface area contributed by atoms with Crippen LogP contribution in [0.5, 0.6) is 0 Å². The number of fused-ring (bicyclic) bond motifs is 1. The van der Waals surface area contributed by atoms with Crippen molar-refractivity contribution in [2.75, 3.05) is 17.2 Å². The highest BCUT2D eigenvalue weighted by Crippen LogP contribution is 2.40. The molecule has 0 spiro atoms. The van der Waals surface area contributed by atoms with Crippen LogP contribution in [0.4, 0.5) is 11.5 Å². The Morgan fingerprint density at radius 3 is 3.00 bits per heavy atom. The molecule has 2 aliphatic rings. The van der Waals surface area contributed by atoms with Crippen LogP contribution in [0.1, 0.15) is 32.1 Å². The molecule has 2 N–H and O–H groups in total.